The Bertz CT molecular complexity index is 165. The molecule has 0 saturated heterocycles. The molecule has 0 fully saturated rings. The Balaban J connectivity index is 2.59. The van der Waals surface area contributed by atoms with Gasteiger partial charge < -0.3 is 14.9 Å². The van der Waals surface area contributed by atoms with Gasteiger partial charge in [-0.05, 0) is 6.08 Å². The number of aliphatic hydroxyl groups excluding tert-OH is 1. The zero-order valence-electron chi connectivity index (χ0n) is 5.23. The summed E-state index contributed by atoms with van der Waals surface area (Å²) in [5.41, 5.74) is 0. The minimum absolute atomic E-state index is 0.230. The van der Waals surface area contributed by atoms with E-state index in [9.17, 15) is 4.79 Å². The molecule has 0 aliphatic carbocycles. The van der Waals surface area contributed by atoms with Crippen molar-refractivity contribution in [2.75, 3.05) is 6.61 Å². The molecule has 2 N–H and O–H groups in total. The Morgan fingerprint density at radius 3 is 2.80 bits per heavy atom. The van der Waals surface area contributed by atoms with Crippen molar-refractivity contribution < 1.29 is 19.7 Å². The summed E-state index contributed by atoms with van der Waals surface area (Å²) < 4.78 is 4.67. The summed E-state index contributed by atoms with van der Waals surface area (Å²) in [5.74, 6) is -1.81. The van der Waals surface area contributed by atoms with E-state index in [1.54, 1.807) is 0 Å². The maximum Gasteiger partial charge on any atom is 0.244 e. The van der Waals surface area contributed by atoms with Crippen molar-refractivity contribution in [1.29, 1.82) is 0 Å². The molecule has 0 spiro atoms. The zero-order chi connectivity index (χ0) is 7.61. The van der Waals surface area contributed by atoms with Crippen LogP contribution >= 0.6 is 0 Å². The SMILES string of the molecule is O=CC1(O)C=CC(CO)O1. The average Bonchev–Trinajstić information content (AvgIpc) is 2.33. The molecular weight excluding hydrogens is 136 g/mol. The lowest BCUT2D eigenvalue weighted by molar-refractivity contribution is -0.177. The Morgan fingerprint density at radius 1 is 1.80 bits per heavy atom. The van der Waals surface area contributed by atoms with Crippen LogP contribution in [0.25, 0.3) is 0 Å². The van der Waals surface area contributed by atoms with Crippen molar-refractivity contribution in [3.63, 3.8) is 0 Å². The summed E-state index contributed by atoms with van der Waals surface area (Å²) in [6.45, 7) is -0.230. The number of ether oxygens (including phenoxy) is 1. The first-order valence-corrected chi connectivity index (χ1v) is 2.87. The summed E-state index contributed by atoms with van der Waals surface area (Å²) in [4.78, 5) is 10.1. The van der Waals surface area contributed by atoms with Gasteiger partial charge in [0.05, 0.1) is 6.61 Å². The third-order valence-corrected chi connectivity index (χ3v) is 1.24. The van der Waals surface area contributed by atoms with E-state index in [1.165, 1.54) is 12.2 Å². The number of rotatable bonds is 2. The standard InChI is InChI=1S/C6H8O4/c7-3-5-1-2-6(9,4-8)10-5/h1-2,4-5,7,9H,3H2. The molecule has 0 bridgehead atoms. The Kier molecular flexibility index (Phi) is 1.85. The second kappa shape index (κ2) is 2.49. The maximum absolute atomic E-state index is 10.1. The fourth-order valence-electron chi connectivity index (χ4n) is 0.731. The van der Waals surface area contributed by atoms with Gasteiger partial charge in [-0.3, -0.25) is 4.79 Å². The van der Waals surface area contributed by atoms with E-state index in [0.29, 0.717) is 0 Å². The summed E-state index contributed by atoms with van der Waals surface area (Å²) in [6, 6.07) is 0. The first kappa shape index (κ1) is 7.40. The number of aldehydes is 1. The second-order valence-electron chi connectivity index (χ2n) is 2.07. The van der Waals surface area contributed by atoms with Crippen LogP contribution in [-0.4, -0.2) is 35.0 Å². The van der Waals surface area contributed by atoms with E-state index >= 15 is 0 Å². The molecule has 0 aromatic carbocycles. The monoisotopic (exact) mass is 144 g/mol. The van der Waals surface area contributed by atoms with E-state index in [2.05, 4.69) is 4.74 Å². The van der Waals surface area contributed by atoms with Crippen LogP contribution in [0.1, 0.15) is 0 Å². The van der Waals surface area contributed by atoms with E-state index in [0.717, 1.165) is 0 Å². The highest BCUT2D eigenvalue weighted by atomic mass is 16.6. The van der Waals surface area contributed by atoms with Gasteiger partial charge in [-0.1, -0.05) is 6.08 Å². The normalized spacial score (nSPS) is 38.4. The molecule has 0 saturated carbocycles. The fraction of sp³-hybridized carbons (Fsp3) is 0.500. The zero-order valence-corrected chi connectivity index (χ0v) is 5.23. The molecule has 1 rings (SSSR count). The van der Waals surface area contributed by atoms with Gasteiger partial charge in [0.15, 0.2) is 6.29 Å². The topological polar surface area (TPSA) is 66.8 Å². The molecule has 56 valence electrons. The largest absolute Gasteiger partial charge is 0.393 e. The minimum atomic E-state index is -1.81. The quantitative estimate of drug-likeness (QED) is 0.378. The van der Waals surface area contributed by atoms with Crippen LogP contribution in [0.15, 0.2) is 12.2 Å². The van der Waals surface area contributed by atoms with E-state index in [-0.39, 0.29) is 12.9 Å². The molecular formula is C6H8O4. The summed E-state index contributed by atoms with van der Waals surface area (Å²) in [7, 11) is 0. The summed E-state index contributed by atoms with van der Waals surface area (Å²) in [6.07, 6.45) is 2.37. The second-order valence-corrected chi connectivity index (χ2v) is 2.07. The Morgan fingerprint density at radius 2 is 2.50 bits per heavy atom. The van der Waals surface area contributed by atoms with Gasteiger partial charge in [-0.15, -0.1) is 0 Å². The van der Waals surface area contributed by atoms with E-state index < -0.39 is 11.9 Å². The molecule has 0 radical (unpaired) electrons. The smallest absolute Gasteiger partial charge is 0.244 e. The number of carbonyl (C=O) groups excluding carboxylic acids is 1. The van der Waals surface area contributed by atoms with Crippen LogP contribution in [0.5, 0.6) is 0 Å². The number of hydrogen-bond acceptors (Lipinski definition) is 4. The molecule has 1 aliphatic heterocycles. The van der Waals surface area contributed by atoms with E-state index in [1.807, 2.05) is 0 Å². The van der Waals surface area contributed by atoms with Crippen LogP contribution in [0.3, 0.4) is 0 Å². The third-order valence-electron chi connectivity index (χ3n) is 1.24. The highest BCUT2D eigenvalue weighted by Gasteiger charge is 2.32. The van der Waals surface area contributed by atoms with Crippen molar-refractivity contribution in [3.8, 4) is 0 Å². The maximum atomic E-state index is 10.1. The number of hydrogen-bond donors (Lipinski definition) is 2. The molecule has 4 nitrogen and oxygen atoms in total. The first-order chi connectivity index (χ1) is 4.70. The lowest BCUT2D eigenvalue weighted by Crippen LogP contribution is -2.31. The lowest BCUT2D eigenvalue weighted by Gasteiger charge is -2.14. The molecule has 4 heteroatoms. The van der Waals surface area contributed by atoms with Gasteiger partial charge in [-0.25, -0.2) is 0 Å². The van der Waals surface area contributed by atoms with Gasteiger partial charge in [0.1, 0.15) is 6.10 Å². The highest BCUT2D eigenvalue weighted by Crippen LogP contribution is 2.17. The van der Waals surface area contributed by atoms with Crippen LogP contribution in [0.2, 0.25) is 0 Å². The van der Waals surface area contributed by atoms with Crippen molar-refractivity contribution in [1.82, 2.24) is 0 Å². The van der Waals surface area contributed by atoms with Gasteiger partial charge in [-0.2, -0.15) is 0 Å². The Hall–Kier alpha value is -0.710. The number of aliphatic hydroxyl groups is 2. The molecule has 1 aliphatic rings. The molecule has 2 atom stereocenters. The van der Waals surface area contributed by atoms with Gasteiger partial charge >= 0.3 is 0 Å². The first-order valence-electron chi connectivity index (χ1n) is 2.87. The van der Waals surface area contributed by atoms with Gasteiger partial charge in [0.2, 0.25) is 5.79 Å². The van der Waals surface area contributed by atoms with Gasteiger partial charge in [0.25, 0.3) is 0 Å². The predicted octanol–water partition coefficient (Wildman–Crippen LogP) is -1.18. The lowest BCUT2D eigenvalue weighted by atomic mass is 10.3. The van der Waals surface area contributed by atoms with Crippen molar-refractivity contribution in [2.24, 2.45) is 0 Å². The molecule has 0 aromatic heterocycles. The molecule has 10 heavy (non-hydrogen) atoms. The van der Waals surface area contributed by atoms with Crippen LogP contribution < -0.4 is 0 Å². The molecule has 0 amide bonds. The summed E-state index contributed by atoms with van der Waals surface area (Å²) >= 11 is 0. The van der Waals surface area contributed by atoms with Gasteiger partial charge in [0, 0.05) is 0 Å². The highest BCUT2D eigenvalue weighted by molar-refractivity contribution is 5.64. The summed E-state index contributed by atoms with van der Waals surface area (Å²) in [5, 5.41) is 17.5. The minimum Gasteiger partial charge on any atom is -0.393 e. The van der Waals surface area contributed by atoms with Crippen molar-refractivity contribution in [2.45, 2.75) is 11.9 Å². The molecule has 0 aromatic rings. The predicted molar refractivity (Wildman–Crippen MR) is 32.1 cm³/mol. The Labute approximate surface area is 57.7 Å². The third kappa shape index (κ3) is 1.23. The van der Waals surface area contributed by atoms with E-state index in [4.69, 9.17) is 10.2 Å². The number of carbonyl (C=O) groups is 1. The van der Waals surface area contributed by atoms with Crippen molar-refractivity contribution in [3.05, 3.63) is 12.2 Å². The molecule has 1 heterocycles. The van der Waals surface area contributed by atoms with Crippen molar-refractivity contribution >= 4 is 6.29 Å². The van der Waals surface area contributed by atoms with Crippen LogP contribution in [0, 0.1) is 0 Å². The van der Waals surface area contributed by atoms with Crippen LogP contribution in [-0.2, 0) is 9.53 Å². The van der Waals surface area contributed by atoms with Crippen LogP contribution in [0.4, 0.5) is 0 Å². The fourth-order valence-corrected chi connectivity index (χ4v) is 0.731. The molecule has 2 unspecified atom stereocenters. The average molecular weight is 144 g/mol.